The normalized spacial score (nSPS) is 14.6. The Labute approximate surface area is 86.4 Å². The van der Waals surface area contributed by atoms with Crippen molar-refractivity contribution < 1.29 is 9.90 Å². The molecule has 0 radical (unpaired) electrons. The number of aliphatic hydroxyl groups is 1. The van der Waals surface area contributed by atoms with Crippen LogP contribution in [0.25, 0.3) is 0 Å². The number of nitrogens with zero attached hydrogens (tertiary/aromatic N) is 1. The van der Waals surface area contributed by atoms with E-state index >= 15 is 0 Å². The number of rotatable bonds is 6. The van der Waals surface area contributed by atoms with E-state index in [1.54, 1.807) is 25.1 Å². The van der Waals surface area contributed by atoms with Crippen molar-refractivity contribution in [3.63, 3.8) is 0 Å². The summed E-state index contributed by atoms with van der Waals surface area (Å²) in [5, 5.41) is 9.47. The van der Waals surface area contributed by atoms with E-state index in [4.69, 9.17) is 0 Å². The van der Waals surface area contributed by atoms with Crippen LogP contribution in [0, 0.1) is 5.92 Å². The smallest absolute Gasteiger partial charge is 0.222 e. The molecule has 0 unspecified atom stereocenters. The van der Waals surface area contributed by atoms with Crippen molar-refractivity contribution in [2.45, 2.75) is 32.3 Å². The highest BCUT2D eigenvalue weighted by atomic mass is 16.3. The monoisotopic (exact) mass is 199 g/mol. The zero-order valence-electron chi connectivity index (χ0n) is 9.36. The quantitative estimate of drug-likeness (QED) is 0.657. The number of hydrogen-bond acceptors (Lipinski definition) is 2. The number of hydrogen-bond donors (Lipinski definition) is 1. The van der Waals surface area contributed by atoms with Crippen LogP contribution in [0.2, 0.25) is 0 Å². The molecule has 82 valence electrons. The third-order valence-electron chi connectivity index (χ3n) is 2.14. The topological polar surface area (TPSA) is 40.5 Å². The largest absolute Gasteiger partial charge is 0.393 e. The SMILES string of the molecule is C=CC[C@H](O)C[C@@H](C)CC(=O)N(C)C. The Bertz CT molecular complexity index is 190. The van der Waals surface area contributed by atoms with Crippen LogP contribution in [0.4, 0.5) is 0 Å². The number of carbonyl (C=O) groups is 1. The van der Waals surface area contributed by atoms with Crippen LogP contribution in [0.5, 0.6) is 0 Å². The first-order valence-electron chi connectivity index (χ1n) is 4.96. The minimum atomic E-state index is -0.363. The van der Waals surface area contributed by atoms with Crippen LogP contribution >= 0.6 is 0 Å². The standard InChI is InChI=1S/C11H21NO2/c1-5-6-10(13)7-9(2)8-11(14)12(3)4/h5,9-10,13H,1,6-8H2,2-4H3/t9-,10+/m1/s1. The lowest BCUT2D eigenvalue weighted by Crippen LogP contribution is -2.24. The summed E-state index contributed by atoms with van der Waals surface area (Å²) >= 11 is 0. The van der Waals surface area contributed by atoms with Gasteiger partial charge in [-0.1, -0.05) is 13.0 Å². The first-order chi connectivity index (χ1) is 6.47. The summed E-state index contributed by atoms with van der Waals surface area (Å²) in [5.41, 5.74) is 0. The molecule has 0 bridgehead atoms. The van der Waals surface area contributed by atoms with Crippen molar-refractivity contribution in [3.8, 4) is 0 Å². The summed E-state index contributed by atoms with van der Waals surface area (Å²) in [4.78, 5) is 12.9. The molecule has 0 aromatic rings. The molecule has 0 aliphatic rings. The second-order valence-corrected chi connectivity index (χ2v) is 4.01. The van der Waals surface area contributed by atoms with E-state index in [9.17, 15) is 9.90 Å². The van der Waals surface area contributed by atoms with E-state index in [0.717, 1.165) is 0 Å². The predicted molar refractivity (Wildman–Crippen MR) is 57.9 cm³/mol. The second kappa shape index (κ2) is 6.60. The summed E-state index contributed by atoms with van der Waals surface area (Å²) in [6.07, 6.45) is 3.09. The van der Waals surface area contributed by atoms with Gasteiger partial charge in [0.1, 0.15) is 0 Å². The van der Waals surface area contributed by atoms with E-state index in [-0.39, 0.29) is 17.9 Å². The van der Waals surface area contributed by atoms with Gasteiger partial charge >= 0.3 is 0 Å². The first kappa shape index (κ1) is 13.2. The fraction of sp³-hybridized carbons (Fsp3) is 0.727. The zero-order valence-corrected chi connectivity index (χ0v) is 9.36. The Balaban J connectivity index is 3.79. The minimum Gasteiger partial charge on any atom is -0.393 e. The van der Waals surface area contributed by atoms with Crippen molar-refractivity contribution in [1.29, 1.82) is 0 Å². The van der Waals surface area contributed by atoms with E-state index in [1.807, 2.05) is 6.92 Å². The van der Waals surface area contributed by atoms with Gasteiger partial charge in [0.05, 0.1) is 6.10 Å². The van der Waals surface area contributed by atoms with Gasteiger partial charge in [-0.3, -0.25) is 4.79 Å². The Hall–Kier alpha value is -0.830. The molecule has 0 spiro atoms. The van der Waals surface area contributed by atoms with Crippen molar-refractivity contribution >= 4 is 5.91 Å². The van der Waals surface area contributed by atoms with E-state index in [1.165, 1.54) is 0 Å². The van der Waals surface area contributed by atoms with Crippen LogP contribution in [0.3, 0.4) is 0 Å². The maximum absolute atomic E-state index is 11.3. The van der Waals surface area contributed by atoms with Gasteiger partial charge in [-0.15, -0.1) is 6.58 Å². The summed E-state index contributed by atoms with van der Waals surface area (Å²) in [6, 6.07) is 0. The van der Waals surface area contributed by atoms with Gasteiger partial charge in [0.25, 0.3) is 0 Å². The molecule has 0 rings (SSSR count). The molecule has 0 saturated heterocycles. The summed E-state index contributed by atoms with van der Waals surface area (Å²) in [6.45, 7) is 5.54. The highest BCUT2D eigenvalue weighted by Gasteiger charge is 2.13. The summed E-state index contributed by atoms with van der Waals surface area (Å²) in [7, 11) is 3.49. The first-order valence-corrected chi connectivity index (χ1v) is 4.96. The molecular formula is C11H21NO2. The van der Waals surface area contributed by atoms with E-state index < -0.39 is 0 Å². The maximum atomic E-state index is 11.3. The zero-order chi connectivity index (χ0) is 11.1. The third-order valence-corrected chi connectivity index (χ3v) is 2.14. The molecule has 2 atom stereocenters. The highest BCUT2D eigenvalue weighted by Crippen LogP contribution is 2.13. The minimum absolute atomic E-state index is 0.114. The molecule has 0 heterocycles. The number of aliphatic hydroxyl groups excluding tert-OH is 1. The van der Waals surface area contributed by atoms with Crippen molar-refractivity contribution in [1.82, 2.24) is 4.90 Å². The molecule has 0 aromatic heterocycles. The van der Waals surface area contributed by atoms with Crippen molar-refractivity contribution in [2.24, 2.45) is 5.92 Å². The van der Waals surface area contributed by atoms with Crippen LogP contribution in [-0.2, 0) is 4.79 Å². The van der Waals surface area contributed by atoms with Gasteiger partial charge in [0, 0.05) is 20.5 Å². The lowest BCUT2D eigenvalue weighted by atomic mass is 9.98. The van der Waals surface area contributed by atoms with Gasteiger partial charge in [0.2, 0.25) is 5.91 Å². The van der Waals surface area contributed by atoms with Crippen LogP contribution < -0.4 is 0 Å². The van der Waals surface area contributed by atoms with Gasteiger partial charge in [-0.25, -0.2) is 0 Å². The average Bonchev–Trinajstić information content (AvgIpc) is 2.03. The fourth-order valence-electron chi connectivity index (χ4n) is 1.32. The fourth-order valence-corrected chi connectivity index (χ4v) is 1.32. The van der Waals surface area contributed by atoms with Gasteiger partial charge in [-0.05, 0) is 18.8 Å². The predicted octanol–water partition coefficient (Wildman–Crippen LogP) is 1.43. The molecule has 0 saturated carbocycles. The summed E-state index contributed by atoms with van der Waals surface area (Å²) < 4.78 is 0. The lowest BCUT2D eigenvalue weighted by molar-refractivity contribution is -0.129. The number of carbonyl (C=O) groups excluding carboxylic acids is 1. The average molecular weight is 199 g/mol. The molecule has 0 aliphatic heterocycles. The third kappa shape index (κ3) is 5.75. The van der Waals surface area contributed by atoms with Gasteiger partial charge < -0.3 is 10.0 Å². The molecule has 1 N–H and O–H groups in total. The summed E-state index contributed by atoms with van der Waals surface area (Å²) in [5.74, 6) is 0.336. The van der Waals surface area contributed by atoms with Crippen molar-refractivity contribution in [3.05, 3.63) is 12.7 Å². The van der Waals surface area contributed by atoms with Gasteiger partial charge in [-0.2, -0.15) is 0 Å². The van der Waals surface area contributed by atoms with Crippen molar-refractivity contribution in [2.75, 3.05) is 14.1 Å². The second-order valence-electron chi connectivity index (χ2n) is 4.01. The molecule has 0 aliphatic carbocycles. The van der Waals surface area contributed by atoms with E-state index in [0.29, 0.717) is 19.3 Å². The molecule has 0 aromatic carbocycles. The Morgan fingerprint density at radius 2 is 2.14 bits per heavy atom. The van der Waals surface area contributed by atoms with Crippen LogP contribution in [0.15, 0.2) is 12.7 Å². The van der Waals surface area contributed by atoms with E-state index in [2.05, 4.69) is 6.58 Å². The molecule has 0 fully saturated rings. The maximum Gasteiger partial charge on any atom is 0.222 e. The van der Waals surface area contributed by atoms with Crippen LogP contribution in [-0.4, -0.2) is 36.1 Å². The molecule has 14 heavy (non-hydrogen) atoms. The molecule has 3 nitrogen and oxygen atoms in total. The Kier molecular flexibility index (Phi) is 6.21. The molecule has 3 heteroatoms. The van der Waals surface area contributed by atoms with Gasteiger partial charge in [0.15, 0.2) is 0 Å². The highest BCUT2D eigenvalue weighted by molar-refractivity contribution is 5.75. The lowest BCUT2D eigenvalue weighted by Gasteiger charge is -2.17. The van der Waals surface area contributed by atoms with Crippen LogP contribution in [0.1, 0.15) is 26.2 Å². The number of amides is 1. The Morgan fingerprint density at radius 3 is 2.57 bits per heavy atom. The molecular weight excluding hydrogens is 178 g/mol. The Morgan fingerprint density at radius 1 is 1.57 bits per heavy atom. The molecule has 1 amide bonds.